The van der Waals surface area contributed by atoms with Crippen molar-refractivity contribution in [2.75, 3.05) is 5.32 Å². The molecule has 2 aromatic rings. The van der Waals surface area contributed by atoms with Gasteiger partial charge >= 0.3 is 0 Å². The van der Waals surface area contributed by atoms with Crippen LogP contribution in [0.5, 0.6) is 0 Å². The summed E-state index contributed by atoms with van der Waals surface area (Å²) < 4.78 is 0.973. The molecule has 5 nitrogen and oxygen atoms in total. The molecular weight excluding hydrogens is 485 g/mol. The second-order valence-electron chi connectivity index (χ2n) is 6.81. The Hall–Kier alpha value is -2.00. The van der Waals surface area contributed by atoms with Crippen LogP contribution in [0.2, 0.25) is 0 Å². The highest BCUT2D eigenvalue weighted by Crippen LogP contribution is 2.18. The van der Waals surface area contributed by atoms with Crippen LogP contribution in [0.25, 0.3) is 0 Å². The van der Waals surface area contributed by atoms with Crippen LogP contribution in [0.3, 0.4) is 0 Å². The first kappa shape index (κ1) is 20.7. The average Bonchev–Trinajstić information content (AvgIpc) is 2.69. The van der Waals surface area contributed by atoms with Gasteiger partial charge in [-0.15, -0.1) is 0 Å². The van der Waals surface area contributed by atoms with Crippen LogP contribution in [0, 0.1) is 3.57 Å². The normalized spacial score (nSPS) is 14.2. The first-order valence-corrected chi connectivity index (χ1v) is 10.8. The van der Waals surface area contributed by atoms with Gasteiger partial charge in [-0.3, -0.25) is 14.9 Å². The molecule has 0 unspecified atom stereocenters. The van der Waals surface area contributed by atoms with Crippen molar-refractivity contribution < 1.29 is 9.59 Å². The van der Waals surface area contributed by atoms with Crippen LogP contribution in [0.1, 0.15) is 52.8 Å². The van der Waals surface area contributed by atoms with Gasteiger partial charge in [0.25, 0.3) is 11.8 Å². The standard InChI is InChI=1S/C21H22IN3O2S/c22-16-8-4-6-14(12-16)20(27)25-21(28)24-18-11-5-7-15(13-18)19(26)23-17-9-2-1-3-10-17/h4-8,11-13,17H,1-3,9-10H2,(H,23,26)(H2,24,25,27,28). The number of hydrogen-bond acceptors (Lipinski definition) is 3. The number of halogens is 1. The summed E-state index contributed by atoms with van der Waals surface area (Å²) in [7, 11) is 0. The number of amides is 2. The summed E-state index contributed by atoms with van der Waals surface area (Å²) in [6.45, 7) is 0. The Morgan fingerprint density at radius 2 is 1.61 bits per heavy atom. The molecule has 3 N–H and O–H groups in total. The van der Waals surface area contributed by atoms with Gasteiger partial charge in [0.1, 0.15) is 0 Å². The van der Waals surface area contributed by atoms with Gasteiger partial charge in [0.05, 0.1) is 0 Å². The van der Waals surface area contributed by atoms with E-state index in [2.05, 4.69) is 38.5 Å². The first-order valence-electron chi connectivity index (χ1n) is 9.30. The number of anilines is 1. The zero-order valence-electron chi connectivity index (χ0n) is 15.3. The summed E-state index contributed by atoms with van der Waals surface area (Å²) in [5.41, 5.74) is 1.77. The number of benzene rings is 2. The molecule has 2 aromatic carbocycles. The van der Waals surface area contributed by atoms with E-state index >= 15 is 0 Å². The van der Waals surface area contributed by atoms with Crippen molar-refractivity contribution in [2.24, 2.45) is 0 Å². The lowest BCUT2D eigenvalue weighted by Crippen LogP contribution is -2.36. The largest absolute Gasteiger partial charge is 0.349 e. The van der Waals surface area contributed by atoms with E-state index in [0.717, 1.165) is 16.4 Å². The van der Waals surface area contributed by atoms with E-state index in [1.54, 1.807) is 36.4 Å². The molecule has 0 aliphatic heterocycles. The summed E-state index contributed by atoms with van der Waals surface area (Å²) >= 11 is 7.39. The van der Waals surface area contributed by atoms with Gasteiger partial charge in [0.2, 0.25) is 0 Å². The molecule has 146 valence electrons. The lowest BCUT2D eigenvalue weighted by Gasteiger charge is -2.22. The summed E-state index contributed by atoms with van der Waals surface area (Å²) in [5, 5.41) is 8.93. The van der Waals surface area contributed by atoms with Crippen molar-refractivity contribution in [1.29, 1.82) is 0 Å². The predicted octanol–water partition coefficient (Wildman–Crippen LogP) is 4.48. The fourth-order valence-electron chi connectivity index (χ4n) is 3.22. The van der Waals surface area contributed by atoms with E-state index in [9.17, 15) is 9.59 Å². The van der Waals surface area contributed by atoms with E-state index in [0.29, 0.717) is 16.8 Å². The molecule has 1 aliphatic carbocycles. The van der Waals surface area contributed by atoms with Crippen molar-refractivity contribution in [3.05, 3.63) is 63.2 Å². The highest BCUT2D eigenvalue weighted by atomic mass is 127. The Bertz CT molecular complexity index is 881. The zero-order chi connectivity index (χ0) is 19.9. The van der Waals surface area contributed by atoms with Gasteiger partial charge in [-0.05, 0) is 84.0 Å². The van der Waals surface area contributed by atoms with Crippen molar-refractivity contribution in [3.63, 3.8) is 0 Å². The molecule has 3 rings (SSSR count). The maximum absolute atomic E-state index is 12.5. The van der Waals surface area contributed by atoms with Gasteiger partial charge in [-0.25, -0.2) is 0 Å². The van der Waals surface area contributed by atoms with E-state index in [1.165, 1.54) is 19.3 Å². The third-order valence-corrected chi connectivity index (χ3v) is 5.51. The Morgan fingerprint density at radius 3 is 2.32 bits per heavy atom. The third-order valence-electron chi connectivity index (χ3n) is 4.64. The second-order valence-corrected chi connectivity index (χ2v) is 8.46. The second kappa shape index (κ2) is 9.97. The van der Waals surface area contributed by atoms with Crippen LogP contribution in [0.4, 0.5) is 5.69 Å². The Balaban J connectivity index is 1.58. The summed E-state index contributed by atoms with van der Waals surface area (Å²) in [5.74, 6) is -0.355. The lowest BCUT2D eigenvalue weighted by atomic mass is 9.95. The molecule has 7 heteroatoms. The molecule has 0 atom stereocenters. The SMILES string of the molecule is O=C(NC(=S)Nc1cccc(C(=O)NC2CCCCC2)c1)c1cccc(I)c1. The minimum atomic E-state index is -0.276. The van der Waals surface area contributed by atoms with Gasteiger partial charge in [-0.2, -0.15) is 0 Å². The number of nitrogens with one attached hydrogen (secondary N) is 3. The van der Waals surface area contributed by atoms with Gasteiger partial charge in [0, 0.05) is 26.4 Å². The topological polar surface area (TPSA) is 70.2 Å². The monoisotopic (exact) mass is 507 g/mol. The first-order chi connectivity index (χ1) is 13.5. The summed E-state index contributed by atoms with van der Waals surface area (Å²) in [4.78, 5) is 24.8. The maximum atomic E-state index is 12.5. The molecule has 1 fully saturated rings. The van der Waals surface area contributed by atoms with Crippen molar-refractivity contribution >= 4 is 57.4 Å². The Morgan fingerprint density at radius 1 is 0.929 bits per heavy atom. The lowest BCUT2D eigenvalue weighted by molar-refractivity contribution is 0.0926. The highest BCUT2D eigenvalue weighted by Gasteiger charge is 2.17. The molecule has 0 bridgehead atoms. The molecule has 0 heterocycles. The van der Waals surface area contributed by atoms with Crippen molar-refractivity contribution in [3.8, 4) is 0 Å². The van der Waals surface area contributed by atoms with Crippen LogP contribution < -0.4 is 16.0 Å². The van der Waals surface area contributed by atoms with Crippen LogP contribution in [-0.2, 0) is 0 Å². The predicted molar refractivity (Wildman–Crippen MR) is 124 cm³/mol. The number of thiocarbonyl (C=S) groups is 1. The molecule has 0 spiro atoms. The van der Waals surface area contributed by atoms with Crippen LogP contribution in [-0.4, -0.2) is 23.0 Å². The van der Waals surface area contributed by atoms with Gasteiger partial charge in [-0.1, -0.05) is 31.4 Å². The summed E-state index contributed by atoms with van der Waals surface area (Å²) in [6, 6.07) is 14.6. The van der Waals surface area contributed by atoms with Crippen molar-refractivity contribution in [2.45, 2.75) is 38.1 Å². The number of hydrogen-bond donors (Lipinski definition) is 3. The van der Waals surface area contributed by atoms with Crippen LogP contribution in [0.15, 0.2) is 48.5 Å². The average molecular weight is 507 g/mol. The molecular formula is C21H22IN3O2S. The van der Waals surface area contributed by atoms with Gasteiger partial charge < -0.3 is 10.6 Å². The summed E-state index contributed by atoms with van der Waals surface area (Å²) in [6.07, 6.45) is 5.66. The smallest absolute Gasteiger partial charge is 0.257 e. The Kier molecular flexibility index (Phi) is 7.38. The minimum Gasteiger partial charge on any atom is -0.349 e. The van der Waals surface area contributed by atoms with E-state index in [1.807, 2.05) is 12.1 Å². The third kappa shape index (κ3) is 6.00. The number of carbonyl (C=O) groups is 2. The van der Waals surface area contributed by atoms with E-state index < -0.39 is 0 Å². The molecule has 2 amide bonds. The zero-order valence-corrected chi connectivity index (χ0v) is 18.3. The molecule has 1 saturated carbocycles. The molecule has 0 aromatic heterocycles. The highest BCUT2D eigenvalue weighted by molar-refractivity contribution is 14.1. The van der Waals surface area contributed by atoms with Gasteiger partial charge in [0.15, 0.2) is 5.11 Å². The molecule has 1 aliphatic rings. The van der Waals surface area contributed by atoms with Crippen molar-refractivity contribution in [1.82, 2.24) is 10.6 Å². The van der Waals surface area contributed by atoms with E-state index in [4.69, 9.17) is 12.2 Å². The van der Waals surface area contributed by atoms with E-state index in [-0.39, 0.29) is 23.0 Å². The molecule has 0 saturated heterocycles. The van der Waals surface area contributed by atoms with Crippen LogP contribution >= 0.6 is 34.8 Å². The molecule has 0 radical (unpaired) electrons. The molecule has 28 heavy (non-hydrogen) atoms. The fourth-order valence-corrected chi connectivity index (χ4v) is 3.97. The number of rotatable bonds is 4. The minimum absolute atomic E-state index is 0.0793. The fraction of sp³-hybridized carbons (Fsp3) is 0.286. The quantitative estimate of drug-likeness (QED) is 0.422. The number of carbonyl (C=O) groups excluding carboxylic acids is 2. The Labute approximate surface area is 183 Å². The maximum Gasteiger partial charge on any atom is 0.257 e.